The number of rotatable bonds is 4. The maximum atomic E-state index is 12.5. The molecule has 0 spiro atoms. The summed E-state index contributed by atoms with van der Waals surface area (Å²) in [6.45, 7) is 1.91. The van der Waals surface area contributed by atoms with Crippen molar-refractivity contribution in [1.29, 1.82) is 0 Å². The zero-order chi connectivity index (χ0) is 17.8. The van der Waals surface area contributed by atoms with Gasteiger partial charge in [-0.05, 0) is 36.8 Å². The Morgan fingerprint density at radius 2 is 2.00 bits per heavy atom. The average molecular weight is 335 g/mol. The number of aryl methyl sites for hydroxylation is 1. The van der Waals surface area contributed by atoms with E-state index in [2.05, 4.69) is 5.32 Å². The van der Waals surface area contributed by atoms with Gasteiger partial charge in [-0.1, -0.05) is 18.2 Å². The van der Waals surface area contributed by atoms with E-state index < -0.39 is 0 Å². The lowest BCUT2D eigenvalue weighted by atomic mass is 10.1. The molecule has 126 valence electrons. The first-order chi connectivity index (χ1) is 12.1. The van der Waals surface area contributed by atoms with Gasteiger partial charge in [0.1, 0.15) is 17.6 Å². The van der Waals surface area contributed by atoms with Crippen molar-refractivity contribution < 1.29 is 13.9 Å². The van der Waals surface area contributed by atoms with E-state index in [1.165, 1.54) is 18.4 Å². The first-order valence-electron chi connectivity index (χ1n) is 7.73. The second kappa shape index (κ2) is 7.05. The van der Waals surface area contributed by atoms with E-state index in [0.717, 1.165) is 11.3 Å². The molecule has 0 saturated carbocycles. The van der Waals surface area contributed by atoms with Gasteiger partial charge >= 0.3 is 0 Å². The number of carbonyl (C=O) groups is 1. The van der Waals surface area contributed by atoms with Crippen molar-refractivity contribution in [3.8, 4) is 5.75 Å². The van der Waals surface area contributed by atoms with E-state index >= 15 is 0 Å². The molecule has 3 rings (SSSR count). The van der Waals surface area contributed by atoms with E-state index in [0.29, 0.717) is 22.3 Å². The van der Waals surface area contributed by atoms with E-state index in [9.17, 15) is 9.59 Å². The summed E-state index contributed by atoms with van der Waals surface area (Å²) in [4.78, 5) is 24.5. The number of nitrogens with one attached hydrogen (secondary N) is 1. The molecule has 0 fully saturated rings. The van der Waals surface area contributed by atoms with Crippen molar-refractivity contribution in [2.45, 2.75) is 6.92 Å². The van der Waals surface area contributed by atoms with Crippen LogP contribution in [-0.2, 0) is 4.79 Å². The van der Waals surface area contributed by atoms with Crippen LogP contribution in [-0.4, -0.2) is 13.0 Å². The molecule has 1 N–H and O–H groups in total. The van der Waals surface area contributed by atoms with Gasteiger partial charge in [0.05, 0.1) is 18.1 Å². The minimum atomic E-state index is -0.316. The molecule has 0 atom stereocenters. The Morgan fingerprint density at radius 1 is 1.20 bits per heavy atom. The lowest BCUT2D eigenvalue weighted by Crippen LogP contribution is -2.10. The van der Waals surface area contributed by atoms with Gasteiger partial charge in [0.25, 0.3) is 0 Å². The first-order valence-corrected chi connectivity index (χ1v) is 7.73. The molecule has 5 nitrogen and oxygen atoms in total. The Bertz CT molecular complexity index is 1020. The number of para-hydroxylation sites is 1. The van der Waals surface area contributed by atoms with Crippen molar-refractivity contribution in [1.82, 2.24) is 0 Å². The third-order valence-electron chi connectivity index (χ3n) is 3.83. The molecule has 5 heteroatoms. The first kappa shape index (κ1) is 16.5. The van der Waals surface area contributed by atoms with Crippen LogP contribution in [0.3, 0.4) is 0 Å². The fourth-order valence-electron chi connectivity index (χ4n) is 2.42. The van der Waals surface area contributed by atoms with Gasteiger partial charge in [0.2, 0.25) is 5.91 Å². The van der Waals surface area contributed by atoms with Crippen LogP contribution in [0, 0.1) is 6.92 Å². The summed E-state index contributed by atoms with van der Waals surface area (Å²) in [6.07, 6.45) is 4.10. The molecule has 1 heterocycles. The van der Waals surface area contributed by atoms with Crippen molar-refractivity contribution in [3.05, 3.63) is 76.2 Å². The standard InChI is InChI=1S/C20H17NO4/c1-13-5-3-4-6-17(13)21-19(22)10-7-14-12-25-18-11-15(24-2)8-9-16(18)20(14)23/h3-12H,1-2H3,(H,21,22)/b10-7+. The van der Waals surface area contributed by atoms with E-state index in [1.54, 1.807) is 25.3 Å². The predicted molar refractivity (Wildman–Crippen MR) is 97.9 cm³/mol. The number of amides is 1. The molecule has 2 aromatic carbocycles. The minimum absolute atomic E-state index is 0.205. The SMILES string of the molecule is COc1ccc2c(=O)c(/C=C/C(=O)Nc3ccccc3C)coc2c1. The maximum Gasteiger partial charge on any atom is 0.248 e. The van der Waals surface area contributed by atoms with Gasteiger partial charge in [-0.3, -0.25) is 9.59 Å². The fourth-order valence-corrected chi connectivity index (χ4v) is 2.42. The van der Waals surface area contributed by atoms with Gasteiger partial charge in [-0.2, -0.15) is 0 Å². The molecular formula is C20H17NO4. The number of fused-ring (bicyclic) bond motifs is 1. The topological polar surface area (TPSA) is 68.5 Å². The van der Waals surface area contributed by atoms with Crippen LogP contribution < -0.4 is 15.5 Å². The summed E-state index contributed by atoms with van der Waals surface area (Å²) >= 11 is 0. The summed E-state index contributed by atoms with van der Waals surface area (Å²) in [5, 5.41) is 3.21. The number of anilines is 1. The number of hydrogen-bond donors (Lipinski definition) is 1. The van der Waals surface area contributed by atoms with Crippen LogP contribution >= 0.6 is 0 Å². The normalized spacial score (nSPS) is 11.0. The zero-order valence-corrected chi connectivity index (χ0v) is 13.9. The third kappa shape index (κ3) is 3.61. The number of methoxy groups -OCH3 is 1. The van der Waals surface area contributed by atoms with Crippen LogP contribution in [0.15, 0.2) is 64.0 Å². The highest BCUT2D eigenvalue weighted by molar-refractivity contribution is 6.02. The summed E-state index contributed by atoms with van der Waals surface area (Å²) < 4.78 is 10.6. The molecule has 0 saturated heterocycles. The lowest BCUT2D eigenvalue weighted by Gasteiger charge is -2.05. The minimum Gasteiger partial charge on any atom is -0.497 e. The van der Waals surface area contributed by atoms with E-state index in [-0.39, 0.29) is 11.3 Å². The largest absolute Gasteiger partial charge is 0.497 e. The highest BCUT2D eigenvalue weighted by atomic mass is 16.5. The Balaban J connectivity index is 1.84. The average Bonchev–Trinajstić information content (AvgIpc) is 2.63. The smallest absolute Gasteiger partial charge is 0.248 e. The Morgan fingerprint density at radius 3 is 2.76 bits per heavy atom. The highest BCUT2D eigenvalue weighted by Gasteiger charge is 2.07. The fraction of sp³-hybridized carbons (Fsp3) is 0.100. The second-order valence-electron chi connectivity index (χ2n) is 5.52. The molecule has 0 radical (unpaired) electrons. The van der Waals surface area contributed by atoms with Crippen LogP contribution in [0.1, 0.15) is 11.1 Å². The Hall–Kier alpha value is -3.34. The Kier molecular flexibility index (Phi) is 4.66. The van der Waals surface area contributed by atoms with Crippen molar-refractivity contribution >= 4 is 28.6 Å². The number of carbonyl (C=O) groups excluding carboxylic acids is 1. The van der Waals surface area contributed by atoms with Crippen molar-refractivity contribution in [2.24, 2.45) is 0 Å². The molecule has 0 aliphatic carbocycles. The van der Waals surface area contributed by atoms with Crippen molar-refractivity contribution in [2.75, 3.05) is 12.4 Å². The maximum absolute atomic E-state index is 12.5. The quantitative estimate of drug-likeness (QED) is 0.737. The van der Waals surface area contributed by atoms with Gasteiger partial charge in [-0.15, -0.1) is 0 Å². The summed E-state index contributed by atoms with van der Waals surface area (Å²) in [7, 11) is 1.55. The third-order valence-corrected chi connectivity index (χ3v) is 3.83. The Labute approximate surface area is 144 Å². The molecule has 0 aliphatic heterocycles. The van der Waals surface area contributed by atoms with Crippen LogP contribution in [0.5, 0.6) is 5.75 Å². The molecule has 3 aromatic rings. The molecule has 25 heavy (non-hydrogen) atoms. The number of hydrogen-bond acceptors (Lipinski definition) is 4. The van der Waals surface area contributed by atoms with E-state index in [1.807, 2.05) is 31.2 Å². The lowest BCUT2D eigenvalue weighted by molar-refractivity contribution is -0.111. The molecule has 0 bridgehead atoms. The van der Waals surface area contributed by atoms with E-state index in [4.69, 9.17) is 9.15 Å². The summed E-state index contributed by atoms with van der Waals surface area (Å²) in [6, 6.07) is 12.5. The monoisotopic (exact) mass is 335 g/mol. The zero-order valence-electron chi connectivity index (χ0n) is 13.9. The van der Waals surface area contributed by atoms with Gasteiger partial charge in [0.15, 0.2) is 5.43 Å². The van der Waals surface area contributed by atoms with Crippen LogP contribution in [0.4, 0.5) is 5.69 Å². The highest BCUT2D eigenvalue weighted by Crippen LogP contribution is 2.19. The van der Waals surface area contributed by atoms with Crippen LogP contribution in [0.25, 0.3) is 17.0 Å². The molecular weight excluding hydrogens is 318 g/mol. The summed E-state index contributed by atoms with van der Waals surface area (Å²) in [5.41, 5.74) is 2.23. The molecule has 1 aromatic heterocycles. The van der Waals surface area contributed by atoms with Gasteiger partial charge in [-0.25, -0.2) is 0 Å². The van der Waals surface area contributed by atoms with Gasteiger partial charge in [0, 0.05) is 17.8 Å². The second-order valence-corrected chi connectivity index (χ2v) is 5.52. The van der Waals surface area contributed by atoms with Crippen LogP contribution in [0.2, 0.25) is 0 Å². The number of benzene rings is 2. The molecule has 0 unspecified atom stereocenters. The molecule has 0 aliphatic rings. The number of ether oxygens (including phenoxy) is 1. The molecule has 1 amide bonds. The van der Waals surface area contributed by atoms with Crippen molar-refractivity contribution in [3.63, 3.8) is 0 Å². The van der Waals surface area contributed by atoms with Gasteiger partial charge < -0.3 is 14.5 Å². The summed E-state index contributed by atoms with van der Waals surface area (Å²) in [5.74, 6) is 0.292. The predicted octanol–water partition coefficient (Wildman–Crippen LogP) is 3.76.